The van der Waals surface area contributed by atoms with Gasteiger partial charge < -0.3 is 5.32 Å². The maximum absolute atomic E-state index is 12.7. The number of nitrogens with one attached hydrogen (secondary N) is 1. The molecular weight excluding hydrogens is 400 g/mol. The third-order valence-electron chi connectivity index (χ3n) is 3.59. The van der Waals surface area contributed by atoms with Crippen LogP contribution < -0.4 is 5.32 Å². The van der Waals surface area contributed by atoms with Crippen molar-refractivity contribution >= 4 is 27.5 Å². The van der Waals surface area contributed by atoms with Gasteiger partial charge >= 0.3 is 0 Å². The zero-order chi connectivity index (χ0) is 17.9. The SMILES string of the molecule is O=C(Nc1cc(Br)ccc1-n1cncn1)c1cccc(-n2cnnn2)c1. The molecule has 2 heterocycles. The molecule has 0 spiro atoms. The van der Waals surface area contributed by atoms with Gasteiger partial charge in [0, 0.05) is 10.0 Å². The molecule has 0 saturated carbocycles. The van der Waals surface area contributed by atoms with E-state index < -0.39 is 0 Å². The smallest absolute Gasteiger partial charge is 0.255 e. The Hall–Kier alpha value is -3.40. The largest absolute Gasteiger partial charge is 0.320 e. The number of rotatable bonds is 4. The summed E-state index contributed by atoms with van der Waals surface area (Å²) in [7, 11) is 0. The lowest BCUT2D eigenvalue weighted by Gasteiger charge is -2.12. The molecule has 0 aliphatic rings. The highest BCUT2D eigenvalue weighted by Gasteiger charge is 2.12. The number of anilines is 1. The Morgan fingerprint density at radius 2 is 2.00 bits per heavy atom. The molecule has 4 rings (SSSR count). The minimum Gasteiger partial charge on any atom is -0.320 e. The van der Waals surface area contributed by atoms with Gasteiger partial charge in [0.1, 0.15) is 19.0 Å². The first-order valence-corrected chi connectivity index (χ1v) is 8.29. The first-order chi connectivity index (χ1) is 12.7. The summed E-state index contributed by atoms with van der Waals surface area (Å²) in [5.41, 5.74) is 2.47. The molecule has 0 saturated heterocycles. The van der Waals surface area contributed by atoms with Crippen LogP contribution in [0.25, 0.3) is 11.4 Å². The zero-order valence-electron chi connectivity index (χ0n) is 13.2. The van der Waals surface area contributed by atoms with Crippen molar-refractivity contribution < 1.29 is 4.79 Å². The summed E-state index contributed by atoms with van der Waals surface area (Å²) >= 11 is 3.42. The van der Waals surface area contributed by atoms with Crippen LogP contribution in [-0.2, 0) is 0 Å². The summed E-state index contributed by atoms with van der Waals surface area (Å²) in [6, 6.07) is 12.5. The maximum Gasteiger partial charge on any atom is 0.255 e. The minimum absolute atomic E-state index is 0.264. The highest BCUT2D eigenvalue weighted by Crippen LogP contribution is 2.25. The van der Waals surface area contributed by atoms with E-state index >= 15 is 0 Å². The minimum atomic E-state index is -0.264. The number of tetrazole rings is 1. The third-order valence-corrected chi connectivity index (χ3v) is 4.09. The van der Waals surface area contributed by atoms with Crippen LogP contribution in [0.2, 0.25) is 0 Å². The van der Waals surface area contributed by atoms with Gasteiger partial charge in [-0.1, -0.05) is 22.0 Å². The quantitative estimate of drug-likeness (QED) is 0.553. The number of hydrogen-bond donors (Lipinski definition) is 1. The topological polar surface area (TPSA) is 103 Å². The summed E-state index contributed by atoms with van der Waals surface area (Å²) in [4.78, 5) is 16.7. The molecule has 128 valence electrons. The molecule has 0 aliphatic carbocycles. The van der Waals surface area contributed by atoms with Gasteiger partial charge in [-0.05, 0) is 46.8 Å². The first-order valence-electron chi connectivity index (χ1n) is 7.50. The third kappa shape index (κ3) is 3.22. The normalized spacial score (nSPS) is 10.7. The van der Waals surface area contributed by atoms with E-state index in [0.717, 1.165) is 4.47 Å². The Balaban J connectivity index is 1.65. The number of nitrogens with zero attached hydrogens (tertiary/aromatic N) is 7. The Morgan fingerprint density at radius 3 is 2.77 bits per heavy atom. The number of amides is 1. The van der Waals surface area contributed by atoms with Gasteiger partial charge in [-0.2, -0.15) is 5.10 Å². The molecule has 0 radical (unpaired) electrons. The predicted octanol–water partition coefficient (Wildman–Crippen LogP) is 2.26. The second-order valence-electron chi connectivity index (χ2n) is 5.26. The molecule has 0 aliphatic heterocycles. The number of aromatic nitrogens is 7. The summed E-state index contributed by atoms with van der Waals surface area (Å²) in [5.74, 6) is -0.264. The van der Waals surface area contributed by atoms with Crippen LogP contribution >= 0.6 is 15.9 Å². The Labute approximate surface area is 155 Å². The van der Waals surface area contributed by atoms with Crippen molar-refractivity contribution in [2.45, 2.75) is 0 Å². The van der Waals surface area contributed by atoms with Crippen molar-refractivity contribution in [3.63, 3.8) is 0 Å². The molecule has 0 fully saturated rings. The predicted molar refractivity (Wildman–Crippen MR) is 96.2 cm³/mol. The lowest BCUT2D eigenvalue weighted by atomic mass is 10.1. The van der Waals surface area contributed by atoms with E-state index in [4.69, 9.17) is 0 Å². The second-order valence-corrected chi connectivity index (χ2v) is 6.18. The molecular formula is C16H11BrN8O. The fourth-order valence-electron chi connectivity index (χ4n) is 2.40. The number of hydrogen-bond acceptors (Lipinski definition) is 6. The first kappa shape index (κ1) is 16.1. The summed E-state index contributed by atoms with van der Waals surface area (Å²) in [6.07, 6.45) is 4.47. The van der Waals surface area contributed by atoms with Crippen molar-refractivity contribution in [2.24, 2.45) is 0 Å². The molecule has 0 bridgehead atoms. The van der Waals surface area contributed by atoms with Gasteiger partial charge in [0.05, 0.1) is 17.1 Å². The van der Waals surface area contributed by atoms with E-state index in [1.807, 2.05) is 18.2 Å². The number of carbonyl (C=O) groups excluding carboxylic acids is 1. The average Bonchev–Trinajstić information content (AvgIpc) is 3.36. The lowest BCUT2D eigenvalue weighted by molar-refractivity contribution is 0.102. The van der Waals surface area contributed by atoms with Crippen molar-refractivity contribution in [2.75, 3.05) is 5.32 Å². The molecule has 1 amide bonds. The maximum atomic E-state index is 12.7. The van der Waals surface area contributed by atoms with Crippen LogP contribution in [0.15, 0.2) is 65.9 Å². The fourth-order valence-corrected chi connectivity index (χ4v) is 2.77. The summed E-state index contributed by atoms with van der Waals surface area (Å²) < 4.78 is 3.90. The second kappa shape index (κ2) is 6.84. The number of carbonyl (C=O) groups is 1. The number of halogens is 1. The van der Waals surface area contributed by atoms with Gasteiger partial charge in [0.2, 0.25) is 0 Å². The van der Waals surface area contributed by atoms with Crippen LogP contribution in [-0.4, -0.2) is 40.9 Å². The van der Waals surface area contributed by atoms with E-state index in [2.05, 4.69) is 46.9 Å². The highest BCUT2D eigenvalue weighted by atomic mass is 79.9. The Morgan fingerprint density at radius 1 is 1.08 bits per heavy atom. The van der Waals surface area contributed by atoms with E-state index in [9.17, 15) is 4.79 Å². The average molecular weight is 411 g/mol. The van der Waals surface area contributed by atoms with Crippen LogP contribution in [0.5, 0.6) is 0 Å². The Kier molecular flexibility index (Phi) is 4.23. The van der Waals surface area contributed by atoms with Gasteiger partial charge in [-0.15, -0.1) is 5.10 Å². The monoisotopic (exact) mass is 410 g/mol. The molecule has 2 aromatic heterocycles. The standard InChI is InChI=1S/C16H11BrN8O/c17-12-4-5-15(25-9-18-8-20-25)14(7-12)21-16(26)11-2-1-3-13(6-11)24-10-19-22-23-24/h1-10H,(H,21,26). The lowest BCUT2D eigenvalue weighted by Crippen LogP contribution is -2.14. The molecule has 10 heteroatoms. The van der Waals surface area contributed by atoms with Crippen LogP contribution in [0.3, 0.4) is 0 Å². The molecule has 2 aromatic carbocycles. The van der Waals surface area contributed by atoms with E-state index in [-0.39, 0.29) is 5.91 Å². The van der Waals surface area contributed by atoms with Gasteiger partial charge in [-0.25, -0.2) is 14.3 Å². The molecule has 0 unspecified atom stereocenters. The summed E-state index contributed by atoms with van der Waals surface area (Å²) in [6.45, 7) is 0. The molecule has 0 atom stereocenters. The molecule has 1 N–H and O–H groups in total. The van der Waals surface area contributed by atoms with Crippen molar-refractivity contribution in [3.8, 4) is 11.4 Å². The summed E-state index contributed by atoms with van der Waals surface area (Å²) in [5, 5.41) is 18.1. The molecule has 9 nitrogen and oxygen atoms in total. The molecule has 4 aromatic rings. The van der Waals surface area contributed by atoms with E-state index in [1.165, 1.54) is 17.3 Å². The van der Waals surface area contributed by atoms with Crippen molar-refractivity contribution in [3.05, 3.63) is 71.5 Å². The van der Waals surface area contributed by atoms with Gasteiger partial charge in [0.25, 0.3) is 5.91 Å². The van der Waals surface area contributed by atoms with Crippen LogP contribution in [0.1, 0.15) is 10.4 Å². The van der Waals surface area contributed by atoms with Crippen molar-refractivity contribution in [1.29, 1.82) is 0 Å². The van der Waals surface area contributed by atoms with Crippen LogP contribution in [0, 0.1) is 0 Å². The zero-order valence-corrected chi connectivity index (χ0v) is 14.8. The van der Waals surface area contributed by atoms with Crippen LogP contribution in [0.4, 0.5) is 5.69 Å². The van der Waals surface area contributed by atoms with Gasteiger partial charge in [-0.3, -0.25) is 4.79 Å². The fraction of sp³-hybridized carbons (Fsp3) is 0. The highest BCUT2D eigenvalue weighted by molar-refractivity contribution is 9.10. The van der Waals surface area contributed by atoms with E-state index in [1.54, 1.807) is 35.3 Å². The molecule has 26 heavy (non-hydrogen) atoms. The Bertz CT molecular complexity index is 1050. The van der Waals surface area contributed by atoms with Crippen molar-refractivity contribution in [1.82, 2.24) is 35.0 Å². The van der Waals surface area contributed by atoms with E-state index in [0.29, 0.717) is 22.6 Å². The van der Waals surface area contributed by atoms with Gasteiger partial charge in [0.15, 0.2) is 0 Å². The number of benzene rings is 2.